The largest absolute Gasteiger partial charge is 0.506 e. The number of aromatic hydroxyl groups is 1. The quantitative estimate of drug-likeness (QED) is 0.338. The van der Waals surface area contributed by atoms with E-state index in [1.54, 1.807) is 11.0 Å². The summed E-state index contributed by atoms with van der Waals surface area (Å²) in [5.41, 5.74) is 1.66. The first-order valence-electron chi connectivity index (χ1n) is 8.38. The summed E-state index contributed by atoms with van der Waals surface area (Å²) in [5, 5.41) is 19.7. The van der Waals surface area contributed by atoms with E-state index in [1.807, 2.05) is 52.9 Å². The molecular formula is C20H17I2N3O2. The van der Waals surface area contributed by atoms with Gasteiger partial charge in [-0.25, -0.2) is 0 Å². The first-order chi connectivity index (χ1) is 13.0. The van der Waals surface area contributed by atoms with Crippen LogP contribution in [0, 0.1) is 18.5 Å². The van der Waals surface area contributed by atoms with E-state index in [9.17, 15) is 15.2 Å². The van der Waals surface area contributed by atoms with Gasteiger partial charge < -0.3 is 14.9 Å². The van der Waals surface area contributed by atoms with Crippen molar-refractivity contribution in [3.8, 4) is 11.8 Å². The number of phenolic OH excluding ortho intramolecular Hbond substituents is 1. The number of piperazine rings is 1. The van der Waals surface area contributed by atoms with Crippen molar-refractivity contribution in [2.75, 3.05) is 31.1 Å². The van der Waals surface area contributed by atoms with Crippen molar-refractivity contribution in [1.29, 1.82) is 5.26 Å². The first kappa shape index (κ1) is 19.9. The van der Waals surface area contributed by atoms with Crippen LogP contribution in [0.25, 0.3) is 6.08 Å². The van der Waals surface area contributed by atoms with Crippen molar-refractivity contribution in [2.24, 2.45) is 0 Å². The third-order valence-electron chi connectivity index (χ3n) is 4.40. The number of carbonyl (C=O) groups is 1. The zero-order valence-electron chi connectivity index (χ0n) is 14.4. The Morgan fingerprint density at radius 3 is 2.41 bits per heavy atom. The highest BCUT2D eigenvalue weighted by molar-refractivity contribution is 14.1. The van der Waals surface area contributed by atoms with Gasteiger partial charge in [0.15, 0.2) is 0 Å². The first-order valence-corrected chi connectivity index (χ1v) is 10.5. The third-order valence-corrected chi connectivity index (χ3v) is 5.84. The summed E-state index contributed by atoms with van der Waals surface area (Å²) in [5.74, 6) is -0.205. The fourth-order valence-electron chi connectivity index (χ4n) is 2.97. The van der Waals surface area contributed by atoms with Crippen molar-refractivity contribution in [3.63, 3.8) is 0 Å². The van der Waals surface area contributed by atoms with E-state index in [0.717, 1.165) is 22.3 Å². The summed E-state index contributed by atoms with van der Waals surface area (Å²) in [6.07, 6.45) is 1.48. The Labute approximate surface area is 185 Å². The number of phenols is 1. The van der Waals surface area contributed by atoms with Gasteiger partial charge in [-0.3, -0.25) is 4.79 Å². The maximum absolute atomic E-state index is 12.8. The van der Waals surface area contributed by atoms with Gasteiger partial charge >= 0.3 is 0 Å². The summed E-state index contributed by atoms with van der Waals surface area (Å²) < 4.78 is 1.62. The van der Waals surface area contributed by atoms with Crippen LogP contribution in [0.5, 0.6) is 5.75 Å². The molecule has 7 heteroatoms. The number of hydrogen-bond acceptors (Lipinski definition) is 4. The fraction of sp³-hybridized carbons (Fsp3) is 0.200. The minimum absolute atomic E-state index is 0.0382. The maximum Gasteiger partial charge on any atom is 0.264 e. The fourth-order valence-corrected chi connectivity index (χ4v) is 4.86. The van der Waals surface area contributed by atoms with Crippen molar-refractivity contribution < 1.29 is 9.90 Å². The molecule has 138 valence electrons. The average Bonchev–Trinajstić information content (AvgIpc) is 2.70. The third kappa shape index (κ3) is 4.73. The summed E-state index contributed by atoms with van der Waals surface area (Å²) in [6, 6.07) is 15.7. The summed E-state index contributed by atoms with van der Waals surface area (Å²) >= 11 is 4.18. The molecule has 0 saturated carbocycles. The van der Waals surface area contributed by atoms with Crippen molar-refractivity contribution in [2.45, 2.75) is 0 Å². The highest BCUT2D eigenvalue weighted by atomic mass is 127. The smallest absolute Gasteiger partial charge is 0.264 e. The molecule has 1 aliphatic heterocycles. The topological polar surface area (TPSA) is 67.6 Å². The summed E-state index contributed by atoms with van der Waals surface area (Å²) in [6.45, 7) is 2.56. The van der Waals surface area contributed by atoms with Crippen molar-refractivity contribution >= 4 is 62.9 Å². The van der Waals surface area contributed by atoms with Crippen LogP contribution in [-0.2, 0) is 4.79 Å². The zero-order valence-corrected chi connectivity index (χ0v) is 18.7. The molecule has 1 N–H and O–H groups in total. The monoisotopic (exact) mass is 585 g/mol. The van der Waals surface area contributed by atoms with E-state index in [0.29, 0.717) is 22.2 Å². The molecule has 1 fully saturated rings. The predicted molar refractivity (Wildman–Crippen MR) is 122 cm³/mol. The molecule has 1 saturated heterocycles. The number of rotatable bonds is 3. The van der Waals surface area contributed by atoms with Gasteiger partial charge in [-0.05, 0) is 75.5 Å². The number of amides is 1. The van der Waals surface area contributed by atoms with Crippen LogP contribution in [0.4, 0.5) is 5.69 Å². The van der Waals surface area contributed by atoms with E-state index in [4.69, 9.17) is 0 Å². The molecule has 0 radical (unpaired) electrons. The van der Waals surface area contributed by atoms with Crippen LogP contribution in [0.1, 0.15) is 5.56 Å². The van der Waals surface area contributed by atoms with Gasteiger partial charge in [-0.1, -0.05) is 18.2 Å². The Balaban J connectivity index is 1.74. The molecule has 3 rings (SSSR count). The number of anilines is 1. The van der Waals surface area contributed by atoms with Gasteiger partial charge in [0.05, 0.1) is 3.57 Å². The summed E-state index contributed by atoms with van der Waals surface area (Å²) in [7, 11) is 0. The number of hydrogen-bond donors (Lipinski definition) is 1. The lowest BCUT2D eigenvalue weighted by molar-refractivity contribution is -0.126. The van der Waals surface area contributed by atoms with Crippen LogP contribution in [0.3, 0.4) is 0 Å². The Kier molecular flexibility index (Phi) is 6.59. The number of nitrogens with zero attached hydrogens (tertiary/aromatic N) is 3. The van der Waals surface area contributed by atoms with E-state index in [1.165, 1.54) is 6.08 Å². The molecule has 5 nitrogen and oxygen atoms in total. The second-order valence-electron chi connectivity index (χ2n) is 6.11. The zero-order chi connectivity index (χ0) is 19.4. The SMILES string of the molecule is N#C/C(=C/c1cc(I)cc(I)c1O)C(=O)N1CCN(c2ccccc2)CC1. The molecule has 0 unspecified atom stereocenters. The Morgan fingerprint density at radius 1 is 1.11 bits per heavy atom. The standard InChI is InChI=1S/C20H17I2N3O2/c21-16-11-14(19(26)18(22)12-16)10-15(13-23)20(27)25-8-6-24(7-9-25)17-4-2-1-3-5-17/h1-5,10-12,26H,6-9H2/b15-10-. The highest BCUT2D eigenvalue weighted by Crippen LogP contribution is 2.29. The molecule has 1 aliphatic rings. The molecule has 2 aromatic carbocycles. The number of nitriles is 1. The van der Waals surface area contributed by atoms with Crippen LogP contribution in [0.2, 0.25) is 0 Å². The Morgan fingerprint density at radius 2 is 1.78 bits per heavy atom. The van der Waals surface area contributed by atoms with Crippen LogP contribution in [-0.4, -0.2) is 42.1 Å². The highest BCUT2D eigenvalue weighted by Gasteiger charge is 2.24. The average molecular weight is 585 g/mol. The van der Waals surface area contributed by atoms with E-state index in [2.05, 4.69) is 39.6 Å². The van der Waals surface area contributed by atoms with Gasteiger partial charge in [0.25, 0.3) is 5.91 Å². The van der Waals surface area contributed by atoms with Gasteiger partial charge in [-0.2, -0.15) is 5.26 Å². The molecule has 1 amide bonds. The van der Waals surface area contributed by atoms with Gasteiger partial charge in [0.2, 0.25) is 0 Å². The van der Waals surface area contributed by atoms with E-state index < -0.39 is 0 Å². The lowest BCUT2D eigenvalue weighted by Gasteiger charge is -2.36. The van der Waals surface area contributed by atoms with Crippen LogP contribution < -0.4 is 4.90 Å². The minimum atomic E-state index is -0.293. The molecule has 2 aromatic rings. The lowest BCUT2D eigenvalue weighted by Crippen LogP contribution is -2.49. The number of para-hydroxylation sites is 1. The second kappa shape index (κ2) is 8.93. The molecule has 0 spiro atoms. The molecule has 0 aliphatic carbocycles. The molecular weight excluding hydrogens is 568 g/mol. The van der Waals surface area contributed by atoms with Gasteiger partial charge in [-0.15, -0.1) is 0 Å². The summed E-state index contributed by atoms with van der Waals surface area (Å²) in [4.78, 5) is 16.7. The number of benzene rings is 2. The maximum atomic E-state index is 12.8. The van der Waals surface area contributed by atoms with E-state index in [-0.39, 0.29) is 17.2 Å². The normalized spacial score (nSPS) is 14.8. The Hall–Kier alpha value is -1.80. The van der Waals surface area contributed by atoms with Crippen LogP contribution in [0.15, 0.2) is 48.0 Å². The molecule has 0 bridgehead atoms. The Bertz CT molecular complexity index is 915. The van der Waals surface area contributed by atoms with Crippen molar-refractivity contribution in [3.05, 3.63) is 60.7 Å². The molecule has 0 atom stereocenters. The van der Waals surface area contributed by atoms with Crippen LogP contribution >= 0.6 is 45.2 Å². The number of halogens is 2. The van der Waals surface area contributed by atoms with E-state index >= 15 is 0 Å². The second-order valence-corrected chi connectivity index (χ2v) is 8.52. The molecule has 1 heterocycles. The minimum Gasteiger partial charge on any atom is -0.506 e. The number of carbonyl (C=O) groups excluding carboxylic acids is 1. The molecule has 0 aromatic heterocycles. The van der Waals surface area contributed by atoms with Gasteiger partial charge in [0, 0.05) is 41.0 Å². The predicted octanol–water partition coefficient (Wildman–Crippen LogP) is 3.86. The lowest BCUT2D eigenvalue weighted by atomic mass is 10.1. The van der Waals surface area contributed by atoms with Gasteiger partial charge in [0.1, 0.15) is 17.4 Å². The molecule has 27 heavy (non-hydrogen) atoms. The van der Waals surface area contributed by atoms with Crippen molar-refractivity contribution in [1.82, 2.24) is 4.90 Å².